The molecule has 1 aliphatic heterocycles. The van der Waals surface area contributed by atoms with Crippen molar-refractivity contribution in [2.75, 3.05) is 36.5 Å². The molecule has 176 valence electrons. The lowest BCUT2D eigenvalue weighted by molar-refractivity contribution is -0.123. The smallest absolute Gasteiger partial charge is 0.341 e. The second-order valence-electron chi connectivity index (χ2n) is 7.95. The summed E-state index contributed by atoms with van der Waals surface area (Å²) in [6.45, 7) is 6.68. The van der Waals surface area contributed by atoms with E-state index in [1.54, 1.807) is 25.3 Å². The topological polar surface area (TPSA) is 80.8 Å². The molecular formula is C26H27N3O4S. The molecular weight excluding hydrogens is 450 g/mol. The third-order valence-corrected chi connectivity index (χ3v) is 6.42. The Labute approximate surface area is 203 Å². The highest BCUT2D eigenvalue weighted by Gasteiger charge is 2.22. The average molecular weight is 478 g/mol. The molecule has 8 heteroatoms. The summed E-state index contributed by atoms with van der Waals surface area (Å²) in [5.74, 6) is -0.989. The highest BCUT2D eigenvalue weighted by atomic mass is 32.2. The standard InChI is InChI=1S/C26H27N3O4S/c1-18-5-11-22(12-6-18)34-25-23(4-3-13-27-25)26(31)33-19(2)24(30)28-20-7-9-21(10-8-20)29-14-16-32-17-15-29/h3-13,19H,14-17H2,1-2H3,(H,28,30)/t19-/m0/s1. The van der Waals surface area contributed by atoms with E-state index >= 15 is 0 Å². The van der Waals surface area contributed by atoms with Crippen LogP contribution in [0.1, 0.15) is 22.8 Å². The first kappa shape index (κ1) is 23.8. The fourth-order valence-corrected chi connectivity index (χ4v) is 4.31. The van der Waals surface area contributed by atoms with Crippen molar-refractivity contribution in [1.82, 2.24) is 4.98 Å². The summed E-state index contributed by atoms with van der Waals surface area (Å²) in [7, 11) is 0. The first-order valence-electron chi connectivity index (χ1n) is 11.1. The Hall–Kier alpha value is -3.36. The first-order valence-corrected chi connectivity index (χ1v) is 12.0. The second-order valence-corrected chi connectivity index (χ2v) is 9.02. The van der Waals surface area contributed by atoms with E-state index in [4.69, 9.17) is 9.47 Å². The minimum absolute atomic E-state index is 0.322. The number of carbonyl (C=O) groups excluding carboxylic acids is 2. The Bertz CT molecular complexity index is 1130. The van der Waals surface area contributed by atoms with E-state index in [1.807, 2.05) is 55.5 Å². The molecule has 1 fully saturated rings. The van der Waals surface area contributed by atoms with Crippen molar-refractivity contribution >= 4 is 35.0 Å². The SMILES string of the molecule is Cc1ccc(Sc2ncccc2C(=O)O[C@@H](C)C(=O)Nc2ccc(N3CCOCC3)cc2)cc1. The summed E-state index contributed by atoms with van der Waals surface area (Å²) in [4.78, 5) is 33.0. The van der Waals surface area contributed by atoms with Crippen molar-refractivity contribution in [2.45, 2.75) is 29.9 Å². The predicted octanol–water partition coefficient (Wildman–Crippen LogP) is 4.56. The molecule has 0 spiro atoms. The zero-order valence-corrected chi connectivity index (χ0v) is 20.0. The third kappa shape index (κ3) is 6.15. The second kappa shape index (κ2) is 11.2. The Morgan fingerprint density at radius 3 is 2.47 bits per heavy atom. The number of benzene rings is 2. The monoisotopic (exact) mass is 477 g/mol. The summed E-state index contributed by atoms with van der Waals surface area (Å²) in [6.07, 6.45) is 0.660. The van der Waals surface area contributed by atoms with Crippen molar-refractivity contribution in [3.8, 4) is 0 Å². The van der Waals surface area contributed by atoms with Crippen LogP contribution in [0.2, 0.25) is 0 Å². The van der Waals surface area contributed by atoms with Crippen molar-refractivity contribution < 1.29 is 19.1 Å². The molecule has 4 rings (SSSR count). The van der Waals surface area contributed by atoms with E-state index < -0.39 is 18.0 Å². The molecule has 2 aromatic carbocycles. The van der Waals surface area contributed by atoms with Gasteiger partial charge in [-0.05, 0) is 62.4 Å². The number of nitrogens with zero attached hydrogens (tertiary/aromatic N) is 2. The van der Waals surface area contributed by atoms with Gasteiger partial charge < -0.3 is 19.7 Å². The summed E-state index contributed by atoms with van der Waals surface area (Å²) in [6, 6.07) is 18.9. The number of aryl methyl sites for hydroxylation is 1. The summed E-state index contributed by atoms with van der Waals surface area (Å²) in [5.41, 5.74) is 3.20. The molecule has 0 saturated carbocycles. The van der Waals surface area contributed by atoms with Crippen LogP contribution in [0.4, 0.5) is 11.4 Å². The fraction of sp³-hybridized carbons (Fsp3) is 0.269. The maximum Gasteiger partial charge on any atom is 0.341 e. The summed E-state index contributed by atoms with van der Waals surface area (Å²) >= 11 is 1.38. The number of morpholine rings is 1. The van der Waals surface area contributed by atoms with E-state index in [9.17, 15) is 9.59 Å². The van der Waals surface area contributed by atoms with Gasteiger partial charge >= 0.3 is 5.97 Å². The Kier molecular flexibility index (Phi) is 7.82. The predicted molar refractivity (Wildman–Crippen MR) is 133 cm³/mol. The maximum absolute atomic E-state index is 12.8. The number of anilines is 2. The van der Waals surface area contributed by atoms with Gasteiger partial charge in [-0.25, -0.2) is 9.78 Å². The number of amides is 1. The lowest BCUT2D eigenvalue weighted by Crippen LogP contribution is -2.36. The van der Waals surface area contributed by atoms with Crippen molar-refractivity contribution in [2.24, 2.45) is 0 Å². The average Bonchev–Trinajstić information content (AvgIpc) is 2.86. The number of esters is 1. The van der Waals surface area contributed by atoms with Gasteiger partial charge in [0.1, 0.15) is 5.03 Å². The highest BCUT2D eigenvalue weighted by Crippen LogP contribution is 2.29. The Morgan fingerprint density at radius 2 is 1.76 bits per heavy atom. The molecule has 2 heterocycles. The fourth-order valence-electron chi connectivity index (χ4n) is 3.44. The normalized spacial score (nSPS) is 14.4. The first-order chi connectivity index (χ1) is 16.5. The Balaban J connectivity index is 1.36. The van der Waals surface area contributed by atoms with E-state index in [-0.39, 0.29) is 0 Å². The van der Waals surface area contributed by atoms with Crippen LogP contribution in [0, 0.1) is 6.92 Å². The third-order valence-electron chi connectivity index (χ3n) is 5.39. The van der Waals surface area contributed by atoms with Crippen LogP contribution in [0.3, 0.4) is 0 Å². The van der Waals surface area contributed by atoms with Gasteiger partial charge in [0.2, 0.25) is 0 Å². The van der Waals surface area contributed by atoms with Crippen LogP contribution in [0.5, 0.6) is 0 Å². The number of carbonyl (C=O) groups is 2. The van der Waals surface area contributed by atoms with Crippen molar-refractivity contribution in [1.29, 1.82) is 0 Å². The van der Waals surface area contributed by atoms with Crippen LogP contribution in [0.15, 0.2) is 76.8 Å². The van der Waals surface area contributed by atoms with Gasteiger partial charge in [0.15, 0.2) is 6.10 Å². The van der Waals surface area contributed by atoms with E-state index in [0.29, 0.717) is 29.5 Å². The number of pyridine rings is 1. The van der Waals surface area contributed by atoms with Gasteiger partial charge in [-0.15, -0.1) is 0 Å². The zero-order valence-electron chi connectivity index (χ0n) is 19.2. The van der Waals surface area contributed by atoms with Crippen LogP contribution in [-0.4, -0.2) is 49.3 Å². The van der Waals surface area contributed by atoms with Gasteiger partial charge in [-0.2, -0.15) is 0 Å². The van der Waals surface area contributed by atoms with Gasteiger partial charge in [-0.3, -0.25) is 4.79 Å². The maximum atomic E-state index is 12.8. The van der Waals surface area contributed by atoms with Crippen LogP contribution in [-0.2, 0) is 14.3 Å². The molecule has 1 saturated heterocycles. The quantitative estimate of drug-likeness (QED) is 0.500. The number of nitrogens with one attached hydrogen (secondary N) is 1. The molecule has 1 aliphatic rings. The number of hydrogen-bond acceptors (Lipinski definition) is 7. The van der Waals surface area contributed by atoms with Gasteiger partial charge in [0, 0.05) is 35.6 Å². The van der Waals surface area contributed by atoms with Crippen LogP contribution in [0.25, 0.3) is 0 Å². The summed E-state index contributed by atoms with van der Waals surface area (Å²) < 4.78 is 10.8. The van der Waals surface area contributed by atoms with Crippen molar-refractivity contribution in [3.63, 3.8) is 0 Å². The van der Waals surface area contributed by atoms with Crippen LogP contribution < -0.4 is 10.2 Å². The number of aromatic nitrogens is 1. The molecule has 0 unspecified atom stereocenters. The number of rotatable bonds is 7. The highest BCUT2D eigenvalue weighted by molar-refractivity contribution is 7.99. The molecule has 1 aromatic heterocycles. The summed E-state index contributed by atoms with van der Waals surface area (Å²) in [5, 5.41) is 3.34. The molecule has 7 nitrogen and oxygen atoms in total. The lowest BCUT2D eigenvalue weighted by atomic mass is 10.2. The van der Waals surface area contributed by atoms with E-state index in [2.05, 4.69) is 15.2 Å². The molecule has 0 aliphatic carbocycles. The molecule has 0 bridgehead atoms. The minimum atomic E-state index is -0.969. The molecule has 34 heavy (non-hydrogen) atoms. The van der Waals surface area contributed by atoms with E-state index in [0.717, 1.165) is 29.2 Å². The van der Waals surface area contributed by atoms with E-state index in [1.165, 1.54) is 11.8 Å². The zero-order chi connectivity index (χ0) is 23.9. The van der Waals surface area contributed by atoms with Gasteiger partial charge in [0.25, 0.3) is 5.91 Å². The molecule has 1 N–H and O–H groups in total. The van der Waals surface area contributed by atoms with Gasteiger partial charge in [0.05, 0.1) is 18.8 Å². The van der Waals surface area contributed by atoms with Crippen molar-refractivity contribution in [3.05, 3.63) is 78.0 Å². The van der Waals surface area contributed by atoms with Gasteiger partial charge in [-0.1, -0.05) is 29.5 Å². The Morgan fingerprint density at radius 1 is 1.06 bits per heavy atom. The molecule has 0 radical (unpaired) electrons. The minimum Gasteiger partial charge on any atom is -0.449 e. The number of hydrogen-bond donors (Lipinski definition) is 1. The lowest BCUT2D eigenvalue weighted by Gasteiger charge is -2.28. The molecule has 3 aromatic rings. The largest absolute Gasteiger partial charge is 0.449 e. The number of ether oxygens (including phenoxy) is 2. The molecule has 1 amide bonds. The van der Waals surface area contributed by atoms with Crippen LogP contribution >= 0.6 is 11.8 Å². The molecule has 1 atom stereocenters.